The molecule has 0 aromatic heterocycles. The lowest BCUT2D eigenvalue weighted by Crippen LogP contribution is -2.40. The second kappa shape index (κ2) is 12.0. The Hall–Kier alpha value is -4.01. The van der Waals surface area contributed by atoms with E-state index in [2.05, 4.69) is 9.44 Å². The van der Waals surface area contributed by atoms with E-state index in [1.807, 2.05) is 0 Å². The molecule has 0 radical (unpaired) electrons. The molecule has 12 nitrogen and oxygen atoms in total. The number of carbonyl (C=O) groups is 1. The number of nitrogens with zero attached hydrogens (tertiary/aromatic N) is 1. The largest absolute Gasteiger partial charge is 0.497 e. The number of anilines is 2. The lowest BCUT2D eigenvalue weighted by molar-refractivity contribution is 0.0300. The minimum absolute atomic E-state index is 0.101. The molecule has 0 unspecified atom stereocenters. The van der Waals surface area contributed by atoms with E-state index in [0.717, 1.165) is 0 Å². The average Bonchev–Trinajstić information content (AvgIpc) is 2.97. The molecule has 1 saturated heterocycles. The molecule has 1 aliphatic heterocycles. The molecule has 3 aromatic rings. The molecule has 0 bridgehead atoms. The van der Waals surface area contributed by atoms with Gasteiger partial charge in [0.2, 0.25) is 0 Å². The SMILES string of the molecule is COc1ccc(NS(=O)(=O)c2ccc(NS(=O)(=O)c3ccc(OC)c(C(=O)N4CCOCC4)c3)cc2)c(OC)c1. The summed E-state index contributed by atoms with van der Waals surface area (Å²) >= 11 is 0. The van der Waals surface area contributed by atoms with Crippen LogP contribution in [0.15, 0.2) is 70.5 Å². The number of rotatable bonds is 10. The van der Waals surface area contributed by atoms with Crippen LogP contribution in [0.2, 0.25) is 0 Å². The Balaban J connectivity index is 1.53. The molecule has 3 aromatic carbocycles. The fourth-order valence-corrected chi connectivity index (χ4v) is 6.12. The van der Waals surface area contributed by atoms with E-state index in [9.17, 15) is 21.6 Å². The molecule has 1 amide bonds. The number of nitrogens with one attached hydrogen (secondary N) is 2. The van der Waals surface area contributed by atoms with Crippen molar-refractivity contribution in [1.29, 1.82) is 0 Å². The van der Waals surface area contributed by atoms with Crippen LogP contribution in [0.3, 0.4) is 0 Å². The van der Waals surface area contributed by atoms with Crippen LogP contribution < -0.4 is 23.7 Å². The van der Waals surface area contributed by atoms with Gasteiger partial charge in [-0.25, -0.2) is 16.8 Å². The monoisotopic (exact) mass is 591 g/mol. The third-order valence-corrected chi connectivity index (χ3v) is 8.84. The first kappa shape index (κ1) is 29.0. The third-order valence-electron chi connectivity index (χ3n) is 6.08. The zero-order chi connectivity index (χ0) is 28.9. The topological polar surface area (TPSA) is 150 Å². The molecule has 1 fully saturated rings. The lowest BCUT2D eigenvalue weighted by atomic mass is 10.1. The average molecular weight is 592 g/mol. The Bertz CT molecular complexity index is 1590. The summed E-state index contributed by atoms with van der Waals surface area (Å²) in [5.41, 5.74) is 0.432. The van der Waals surface area contributed by atoms with Gasteiger partial charge < -0.3 is 23.8 Å². The first-order chi connectivity index (χ1) is 19.1. The summed E-state index contributed by atoms with van der Waals surface area (Å²) in [4.78, 5) is 14.4. The molecule has 0 atom stereocenters. The van der Waals surface area contributed by atoms with E-state index in [1.54, 1.807) is 11.0 Å². The van der Waals surface area contributed by atoms with Crippen LogP contribution >= 0.6 is 0 Å². The van der Waals surface area contributed by atoms with Gasteiger partial charge in [0, 0.05) is 24.8 Å². The summed E-state index contributed by atoms with van der Waals surface area (Å²) in [6.07, 6.45) is 0. The molecule has 1 heterocycles. The van der Waals surface area contributed by atoms with Crippen LogP contribution in [-0.2, 0) is 24.8 Å². The summed E-state index contributed by atoms with van der Waals surface area (Å²) < 4.78 is 78.0. The predicted molar refractivity (Wildman–Crippen MR) is 147 cm³/mol. The smallest absolute Gasteiger partial charge is 0.262 e. The van der Waals surface area contributed by atoms with Crippen LogP contribution in [0.4, 0.5) is 11.4 Å². The fourth-order valence-electron chi connectivity index (χ4n) is 3.96. The molecule has 40 heavy (non-hydrogen) atoms. The summed E-state index contributed by atoms with van der Waals surface area (Å²) in [5.74, 6) is 0.628. The van der Waals surface area contributed by atoms with Gasteiger partial charge in [-0.1, -0.05) is 0 Å². The zero-order valence-electron chi connectivity index (χ0n) is 22.0. The van der Waals surface area contributed by atoms with Crippen molar-refractivity contribution in [3.8, 4) is 17.2 Å². The number of amides is 1. The number of carbonyl (C=O) groups excluding carboxylic acids is 1. The maximum Gasteiger partial charge on any atom is 0.262 e. The van der Waals surface area contributed by atoms with Crippen LogP contribution in [0.25, 0.3) is 0 Å². The number of hydrogen-bond acceptors (Lipinski definition) is 9. The number of ether oxygens (including phenoxy) is 4. The Morgan fingerprint density at radius 3 is 2.00 bits per heavy atom. The molecule has 2 N–H and O–H groups in total. The van der Waals surface area contributed by atoms with Crippen molar-refractivity contribution in [2.45, 2.75) is 9.79 Å². The summed E-state index contributed by atoms with van der Waals surface area (Å²) in [5, 5.41) is 0. The molecule has 0 saturated carbocycles. The third kappa shape index (κ3) is 6.41. The first-order valence-corrected chi connectivity index (χ1v) is 15.0. The van der Waals surface area contributed by atoms with Crippen LogP contribution in [0.1, 0.15) is 10.4 Å². The van der Waals surface area contributed by atoms with Crippen molar-refractivity contribution in [3.05, 3.63) is 66.2 Å². The number of sulfonamides is 2. The second-order valence-electron chi connectivity index (χ2n) is 8.57. The zero-order valence-corrected chi connectivity index (χ0v) is 23.7. The van der Waals surface area contributed by atoms with Gasteiger partial charge >= 0.3 is 0 Å². The maximum atomic E-state index is 13.1. The number of benzene rings is 3. The van der Waals surface area contributed by atoms with E-state index in [-0.39, 0.29) is 44.1 Å². The predicted octanol–water partition coefficient (Wildman–Crippen LogP) is 2.79. The molecule has 0 aliphatic carbocycles. The van der Waals surface area contributed by atoms with Crippen LogP contribution in [0, 0.1) is 0 Å². The van der Waals surface area contributed by atoms with E-state index in [1.165, 1.54) is 75.9 Å². The highest BCUT2D eigenvalue weighted by atomic mass is 32.2. The van der Waals surface area contributed by atoms with E-state index < -0.39 is 20.0 Å². The van der Waals surface area contributed by atoms with Gasteiger partial charge in [0.15, 0.2) is 0 Å². The van der Waals surface area contributed by atoms with Gasteiger partial charge in [-0.3, -0.25) is 14.2 Å². The van der Waals surface area contributed by atoms with Gasteiger partial charge in [0.25, 0.3) is 26.0 Å². The number of methoxy groups -OCH3 is 3. The standard InChI is InChI=1S/C26H29N3O9S2/c1-35-19-6-10-23(25(16-19)37-3)28-39(31,32)20-7-4-18(5-8-20)27-40(33,34)21-9-11-24(36-2)22(17-21)26(30)29-12-14-38-15-13-29/h4-11,16-17,27-28H,12-15H2,1-3H3. The summed E-state index contributed by atoms with van der Waals surface area (Å²) in [6, 6.07) is 13.8. The normalized spacial score (nSPS) is 13.8. The van der Waals surface area contributed by atoms with Crippen molar-refractivity contribution in [2.75, 3.05) is 57.1 Å². The van der Waals surface area contributed by atoms with Gasteiger partial charge in [-0.2, -0.15) is 0 Å². The molecule has 214 valence electrons. The first-order valence-electron chi connectivity index (χ1n) is 12.0. The number of morpholine rings is 1. The van der Waals surface area contributed by atoms with Crippen molar-refractivity contribution >= 4 is 37.3 Å². The van der Waals surface area contributed by atoms with Crippen LogP contribution in [0.5, 0.6) is 17.2 Å². The van der Waals surface area contributed by atoms with Crippen molar-refractivity contribution in [3.63, 3.8) is 0 Å². The van der Waals surface area contributed by atoms with Crippen LogP contribution in [-0.4, -0.2) is 75.3 Å². The highest BCUT2D eigenvalue weighted by molar-refractivity contribution is 7.93. The van der Waals surface area contributed by atoms with Gasteiger partial charge in [-0.15, -0.1) is 0 Å². The lowest BCUT2D eigenvalue weighted by Gasteiger charge is -2.27. The van der Waals surface area contributed by atoms with Gasteiger partial charge in [-0.05, 0) is 54.6 Å². The Morgan fingerprint density at radius 2 is 1.38 bits per heavy atom. The molecule has 14 heteroatoms. The molecule has 0 spiro atoms. The van der Waals surface area contributed by atoms with Gasteiger partial charge in [0.05, 0.1) is 55.6 Å². The van der Waals surface area contributed by atoms with Gasteiger partial charge in [0.1, 0.15) is 17.2 Å². The van der Waals surface area contributed by atoms with E-state index >= 15 is 0 Å². The Morgan fingerprint density at radius 1 is 0.750 bits per heavy atom. The highest BCUT2D eigenvalue weighted by Crippen LogP contribution is 2.31. The van der Waals surface area contributed by atoms with Crippen molar-refractivity contribution in [2.24, 2.45) is 0 Å². The van der Waals surface area contributed by atoms with E-state index in [4.69, 9.17) is 18.9 Å². The fraction of sp³-hybridized carbons (Fsp3) is 0.269. The minimum Gasteiger partial charge on any atom is -0.497 e. The minimum atomic E-state index is -4.13. The maximum absolute atomic E-state index is 13.1. The molecule has 4 rings (SSSR count). The number of hydrogen-bond donors (Lipinski definition) is 2. The second-order valence-corrected chi connectivity index (χ2v) is 11.9. The quantitative estimate of drug-likeness (QED) is 0.363. The van der Waals surface area contributed by atoms with Crippen molar-refractivity contribution in [1.82, 2.24) is 4.90 Å². The molecule has 1 aliphatic rings. The van der Waals surface area contributed by atoms with Crippen molar-refractivity contribution < 1.29 is 40.6 Å². The molecular formula is C26H29N3O9S2. The Labute approximate surface area is 232 Å². The summed E-state index contributed by atoms with van der Waals surface area (Å²) in [7, 11) is -3.88. The highest BCUT2D eigenvalue weighted by Gasteiger charge is 2.25. The summed E-state index contributed by atoms with van der Waals surface area (Å²) in [6.45, 7) is 1.55. The Kier molecular flexibility index (Phi) is 8.71. The van der Waals surface area contributed by atoms with E-state index in [0.29, 0.717) is 32.1 Å². The molecular weight excluding hydrogens is 562 g/mol.